The zero-order chi connectivity index (χ0) is 15.3. The van der Waals surface area contributed by atoms with Gasteiger partial charge in [0.15, 0.2) is 5.82 Å². The number of phenolic OH excluding ortho intramolecular Hbond substituents is 1. The van der Waals surface area contributed by atoms with Gasteiger partial charge in [0.25, 0.3) is 0 Å². The molecule has 0 saturated carbocycles. The lowest BCUT2D eigenvalue weighted by Gasteiger charge is -2.04. The number of hydrogen-bond donors (Lipinski definition) is 2. The number of aromatic hydroxyl groups is 1. The second-order valence-corrected chi connectivity index (χ2v) is 4.11. The van der Waals surface area contributed by atoms with Crippen LogP contribution in [0.1, 0.15) is 11.7 Å². The van der Waals surface area contributed by atoms with Crippen LogP contribution in [0, 0.1) is 0 Å². The summed E-state index contributed by atoms with van der Waals surface area (Å²) in [5, 5.41) is 15.6. The van der Waals surface area contributed by atoms with Gasteiger partial charge in [-0.05, 0) is 24.3 Å². The molecule has 6 nitrogen and oxygen atoms in total. The van der Waals surface area contributed by atoms with Crippen molar-refractivity contribution in [2.75, 3.05) is 11.9 Å². The number of ether oxygens (including phenoxy) is 1. The molecule has 2 N–H and O–H groups in total. The Labute approximate surface area is 117 Å². The number of aromatic nitrogens is 2. The van der Waals surface area contributed by atoms with Crippen LogP contribution in [0.4, 0.5) is 18.9 Å². The molecule has 21 heavy (non-hydrogen) atoms. The molecule has 1 aromatic carbocycles. The first-order chi connectivity index (χ1) is 9.92. The van der Waals surface area contributed by atoms with Gasteiger partial charge in [-0.1, -0.05) is 5.16 Å². The van der Waals surface area contributed by atoms with Crippen molar-refractivity contribution < 1.29 is 27.5 Å². The van der Waals surface area contributed by atoms with Gasteiger partial charge in [-0.3, -0.25) is 0 Å². The summed E-state index contributed by atoms with van der Waals surface area (Å²) in [6.07, 6.45) is -4.38. The number of anilines is 1. The number of rotatable bonds is 6. The summed E-state index contributed by atoms with van der Waals surface area (Å²) in [6.45, 7) is -1.53. The highest BCUT2D eigenvalue weighted by molar-refractivity contribution is 5.45. The van der Waals surface area contributed by atoms with E-state index in [-0.39, 0.29) is 30.6 Å². The molecule has 9 heteroatoms. The Morgan fingerprint density at radius 1 is 1.24 bits per heavy atom. The molecule has 0 fully saturated rings. The lowest BCUT2D eigenvalue weighted by Crippen LogP contribution is -2.17. The van der Waals surface area contributed by atoms with Gasteiger partial charge in [-0.2, -0.15) is 18.2 Å². The average molecular weight is 303 g/mol. The van der Waals surface area contributed by atoms with Crippen molar-refractivity contribution in [1.82, 2.24) is 10.1 Å². The van der Waals surface area contributed by atoms with Gasteiger partial charge in [0.1, 0.15) is 19.0 Å². The fraction of sp³-hybridized carbons (Fsp3) is 0.333. The molecule has 0 aliphatic carbocycles. The fourth-order valence-electron chi connectivity index (χ4n) is 1.44. The fourth-order valence-corrected chi connectivity index (χ4v) is 1.44. The standard InChI is InChI=1S/C12H12F3N3O3/c13-12(14,15)7-20-6-10-17-11(21-18-10)5-16-8-1-3-9(19)4-2-8/h1-4,16,19H,5-7H2. The monoisotopic (exact) mass is 303 g/mol. The van der Waals surface area contributed by atoms with E-state index in [0.29, 0.717) is 0 Å². The highest BCUT2D eigenvalue weighted by Gasteiger charge is 2.27. The minimum Gasteiger partial charge on any atom is -0.508 e. The first-order valence-corrected chi connectivity index (χ1v) is 5.91. The summed E-state index contributed by atoms with van der Waals surface area (Å²) in [6, 6.07) is 6.32. The first kappa shape index (κ1) is 15.1. The Hall–Kier alpha value is -2.29. The molecule has 114 valence electrons. The summed E-state index contributed by atoms with van der Waals surface area (Å²) in [5.74, 6) is 0.401. The first-order valence-electron chi connectivity index (χ1n) is 5.91. The van der Waals surface area contributed by atoms with Gasteiger partial charge in [0.05, 0.1) is 6.54 Å². The third kappa shape index (κ3) is 5.30. The summed E-state index contributed by atoms with van der Waals surface area (Å²) >= 11 is 0. The Balaban J connectivity index is 1.79. The molecule has 1 heterocycles. The third-order valence-electron chi connectivity index (χ3n) is 2.32. The smallest absolute Gasteiger partial charge is 0.411 e. The molecule has 0 radical (unpaired) electrons. The van der Waals surface area contributed by atoms with Crippen molar-refractivity contribution in [2.24, 2.45) is 0 Å². The number of benzene rings is 1. The van der Waals surface area contributed by atoms with E-state index >= 15 is 0 Å². The van der Waals surface area contributed by atoms with E-state index in [1.54, 1.807) is 12.1 Å². The van der Waals surface area contributed by atoms with Gasteiger partial charge in [-0.15, -0.1) is 0 Å². The summed E-state index contributed by atoms with van der Waals surface area (Å²) in [4.78, 5) is 3.88. The van der Waals surface area contributed by atoms with Gasteiger partial charge in [0.2, 0.25) is 5.89 Å². The minimum absolute atomic E-state index is 0.0433. The largest absolute Gasteiger partial charge is 0.508 e. The third-order valence-corrected chi connectivity index (χ3v) is 2.32. The summed E-state index contributed by atoms with van der Waals surface area (Å²) < 4.78 is 44.9. The van der Waals surface area contributed by atoms with Gasteiger partial charge >= 0.3 is 6.18 Å². The van der Waals surface area contributed by atoms with Crippen molar-refractivity contribution in [2.45, 2.75) is 19.3 Å². The Kier molecular flexibility index (Phi) is 4.63. The Bertz CT molecular complexity index is 569. The van der Waals surface area contributed by atoms with E-state index < -0.39 is 12.8 Å². The number of nitrogens with one attached hydrogen (secondary N) is 1. The SMILES string of the molecule is Oc1ccc(NCc2nc(COCC(F)(F)F)no2)cc1. The number of hydrogen-bond acceptors (Lipinski definition) is 6. The summed E-state index contributed by atoms with van der Waals surface area (Å²) in [7, 11) is 0. The van der Waals surface area contributed by atoms with Crippen LogP contribution in [-0.4, -0.2) is 28.0 Å². The number of alkyl halides is 3. The maximum atomic E-state index is 11.9. The molecule has 0 spiro atoms. The summed E-state index contributed by atoms with van der Waals surface area (Å²) in [5.41, 5.74) is 0.723. The van der Waals surface area contributed by atoms with Crippen LogP contribution in [0.25, 0.3) is 0 Å². The highest BCUT2D eigenvalue weighted by atomic mass is 19.4. The molecule has 2 rings (SSSR count). The van der Waals surface area contributed by atoms with Crippen LogP contribution in [0.5, 0.6) is 5.75 Å². The van der Waals surface area contributed by atoms with Crippen LogP contribution < -0.4 is 5.32 Å². The lowest BCUT2D eigenvalue weighted by atomic mass is 10.3. The molecular weight excluding hydrogens is 291 g/mol. The van der Waals surface area contributed by atoms with E-state index in [1.807, 2.05) is 0 Å². The van der Waals surface area contributed by atoms with E-state index in [1.165, 1.54) is 12.1 Å². The number of halogens is 3. The second-order valence-electron chi connectivity index (χ2n) is 4.11. The van der Waals surface area contributed by atoms with E-state index in [2.05, 4.69) is 20.2 Å². The van der Waals surface area contributed by atoms with Crippen LogP contribution in [-0.2, 0) is 17.9 Å². The van der Waals surface area contributed by atoms with Crippen LogP contribution in [0.15, 0.2) is 28.8 Å². The molecule has 0 atom stereocenters. The van der Waals surface area contributed by atoms with Crippen molar-refractivity contribution in [3.05, 3.63) is 36.0 Å². The van der Waals surface area contributed by atoms with E-state index in [9.17, 15) is 13.2 Å². The maximum absolute atomic E-state index is 11.9. The molecule has 0 aliphatic heterocycles. The second kappa shape index (κ2) is 6.44. The predicted molar refractivity (Wildman–Crippen MR) is 65.4 cm³/mol. The lowest BCUT2D eigenvalue weighted by molar-refractivity contribution is -0.177. The quantitative estimate of drug-likeness (QED) is 0.798. The Morgan fingerprint density at radius 2 is 1.95 bits per heavy atom. The zero-order valence-corrected chi connectivity index (χ0v) is 10.7. The van der Waals surface area contributed by atoms with Crippen LogP contribution in [0.3, 0.4) is 0 Å². The van der Waals surface area contributed by atoms with Gasteiger partial charge in [-0.25, -0.2) is 0 Å². The topological polar surface area (TPSA) is 80.4 Å². The molecule has 0 saturated heterocycles. The molecule has 0 amide bonds. The van der Waals surface area contributed by atoms with Crippen molar-refractivity contribution in [1.29, 1.82) is 0 Å². The van der Waals surface area contributed by atoms with Gasteiger partial charge < -0.3 is 19.7 Å². The van der Waals surface area contributed by atoms with Crippen LogP contribution in [0.2, 0.25) is 0 Å². The Morgan fingerprint density at radius 3 is 2.62 bits per heavy atom. The molecule has 1 aromatic heterocycles. The molecule has 0 bridgehead atoms. The molecule has 2 aromatic rings. The zero-order valence-electron chi connectivity index (χ0n) is 10.7. The maximum Gasteiger partial charge on any atom is 0.411 e. The van der Waals surface area contributed by atoms with E-state index in [4.69, 9.17) is 9.63 Å². The van der Waals surface area contributed by atoms with Gasteiger partial charge in [0, 0.05) is 5.69 Å². The van der Waals surface area contributed by atoms with E-state index in [0.717, 1.165) is 5.69 Å². The van der Waals surface area contributed by atoms with Crippen molar-refractivity contribution in [3.63, 3.8) is 0 Å². The normalized spacial score (nSPS) is 11.6. The molecule has 0 aliphatic rings. The highest BCUT2D eigenvalue weighted by Crippen LogP contribution is 2.16. The average Bonchev–Trinajstić information content (AvgIpc) is 2.85. The number of phenols is 1. The molecular formula is C12H12F3N3O3. The minimum atomic E-state index is -4.38. The molecule has 0 unspecified atom stereocenters. The number of nitrogens with zero attached hydrogens (tertiary/aromatic N) is 2. The van der Waals surface area contributed by atoms with Crippen LogP contribution >= 0.6 is 0 Å². The van der Waals surface area contributed by atoms with Crippen molar-refractivity contribution >= 4 is 5.69 Å². The predicted octanol–water partition coefficient (Wildman–Crippen LogP) is 2.47. The van der Waals surface area contributed by atoms with Crippen molar-refractivity contribution in [3.8, 4) is 5.75 Å².